The van der Waals surface area contributed by atoms with E-state index in [4.69, 9.17) is 5.73 Å². The van der Waals surface area contributed by atoms with E-state index in [2.05, 4.69) is 15.0 Å². The number of hydrogen-bond donors (Lipinski definition) is 3. The fourth-order valence-corrected chi connectivity index (χ4v) is 3.91. The largest absolute Gasteiger partial charge is 0.368 e. The van der Waals surface area contributed by atoms with Gasteiger partial charge in [-0.25, -0.2) is 13.4 Å². The molecule has 0 saturated carbocycles. The smallest absolute Gasteiger partial charge is 0.263 e. The standard InChI is InChI=1S/C14H16N4O4S2/c1-8-3-5-10(6-4-8)24(21,22)18-14-17-9(2)12(23-14)13(20)16-7-11(15)19/h3-6H,7H2,1-2H3,(H2,15,19)(H,16,20)(H,17,18). The van der Waals surface area contributed by atoms with Crippen molar-refractivity contribution in [2.75, 3.05) is 11.3 Å². The lowest BCUT2D eigenvalue weighted by Gasteiger charge is -2.05. The van der Waals surface area contributed by atoms with E-state index in [1.807, 2.05) is 6.92 Å². The molecule has 0 bridgehead atoms. The number of nitrogens with one attached hydrogen (secondary N) is 2. The van der Waals surface area contributed by atoms with E-state index in [0.717, 1.165) is 16.9 Å². The van der Waals surface area contributed by atoms with E-state index < -0.39 is 21.8 Å². The molecule has 0 aliphatic heterocycles. The summed E-state index contributed by atoms with van der Waals surface area (Å²) in [6, 6.07) is 6.34. The summed E-state index contributed by atoms with van der Waals surface area (Å²) in [6.45, 7) is 3.12. The van der Waals surface area contributed by atoms with E-state index in [1.165, 1.54) is 12.1 Å². The fourth-order valence-electron chi connectivity index (χ4n) is 1.79. The highest BCUT2D eigenvalue weighted by molar-refractivity contribution is 7.93. The number of aryl methyl sites for hydroxylation is 2. The quantitative estimate of drug-likeness (QED) is 0.693. The molecule has 2 aromatic rings. The van der Waals surface area contributed by atoms with Crippen molar-refractivity contribution in [3.8, 4) is 0 Å². The molecule has 0 aliphatic carbocycles. The molecule has 0 radical (unpaired) electrons. The van der Waals surface area contributed by atoms with Crippen LogP contribution in [-0.4, -0.2) is 31.8 Å². The Hall–Kier alpha value is -2.46. The van der Waals surface area contributed by atoms with Crippen LogP contribution in [0.2, 0.25) is 0 Å². The Morgan fingerprint density at radius 1 is 1.21 bits per heavy atom. The van der Waals surface area contributed by atoms with Crippen molar-refractivity contribution >= 4 is 38.3 Å². The molecule has 0 saturated heterocycles. The fraction of sp³-hybridized carbons (Fsp3) is 0.214. The zero-order valence-electron chi connectivity index (χ0n) is 13.0. The van der Waals surface area contributed by atoms with Crippen LogP contribution in [0.3, 0.4) is 0 Å². The van der Waals surface area contributed by atoms with Gasteiger partial charge in [0.05, 0.1) is 17.1 Å². The van der Waals surface area contributed by atoms with Crippen molar-refractivity contribution in [3.05, 3.63) is 40.4 Å². The van der Waals surface area contributed by atoms with Gasteiger partial charge < -0.3 is 11.1 Å². The first-order valence-electron chi connectivity index (χ1n) is 6.82. The SMILES string of the molecule is Cc1ccc(S(=O)(=O)Nc2nc(C)c(C(=O)NCC(N)=O)s2)cc1. The van der Waals surface area contributed by atoms with Gasteiger partial charge in [0, 0.05) is 0 Å². The van der Waals surface area contributed by atoms with Crippen molar-refractivity contribution in [1.82, 2.24) is 10.3 Å². The molecular formula is C14H16N4O4S2. The van der Waals surface area contributed by atoms with Crippen LogP contribution in [0.15, 0.2) is 29.2 Å². The van der Waals surface area contributed by atoms with Gasteiger partial charge in [-0.15, -0.1) is 0 Å². The molecule has 0 spiro atoms. The normalized spacial score (nSPS) is 11.1. The summed E-state index contributed by atoms with van der Waals surface area (Å²) in [4.78, 5) is 27.0. The summed E-state index contributed by atoms with van der Waals surface area (Å²) in [5.41, 5.74) is 6.25. The van der Waals surface area contributed by atoms with Gasteiger partial charge in [0.1, 0.15) is 4.88 Å². The Morgan fingerprint density at radius 3 is 2.42 bits per heavy atom. The minimum atomic E-state index is -3.79. The number of nitrogens with two attached hydrogens (primary N) is 1. The van der Waals surface area contributed by atoms with Crippen LogP contribution in [0.4, 0.5) is 5.13 Å². The highest BCUT2D eigenvalue weighted by Gasteiger charge is 2.20. The number of benzene rings is 1. The second-order valence-electron chi connectivity index (χ2n) is 5.00. The molecule has 0 fully saturated rings. The molecule has 1 heterocycles. The Balaban J connectivity index is 2.19. The predicted molar refractivity (Wildman–Crippen MR) is 90.4 cm³/mol. The third-order valence-corrected chi connectivity index (χ3v) is 5.53. The van der Waals surface area contributed by atoms with Crippen molar-refractivity contribution < 1.29 is 18.0 Å². The van der Waals surface area contributed by atoms with Crippen LogP contribution >= 0.6 is 11.3 Å². The zero-order chi connectivity index (χ0) is 17.9. The first-order chi connectivity index (χ1) is 11.2. The molecular weight excluding hydrogens is 352 g/mol. The third kappa shape index (κ3) is 4.30. The maximum atomic E-state index is 12.3. The van der Waals surface area contributed by atoms with Crippen LogP contribution in [0.5, 0.6) is 0 Å². The second-order valence-corrected chi connectivity index (χ2v) is 7.68. The summed E-state index contributed by atoms with van der Waals surface area (Å²) >= 11 is 0.878. The predicted octanol–water partition coefficient (Wildman–Crippen LogP) is 0.776. The number of hydrogen-bond acceptors (Lipinski definition) is 6. The van der Waals surface area contributed by atoms with Crippen molar-refractivity contribution in [3.63, 3.8) is 0 Å². The average Bonchev–Trinajstić information content (AvgIpc) is 2.85. The van der Waals surface area contributed by atoms with E-state index in [0.29, 0.717) is 5.69 Å². The molecule has 0 aliphatic rings. The average molecular weight is 368 g/mol. The van der Waals surface area contributed by atoms with Crippen LogP contribution < -0.4 is 15.8 Å². The summed E-state index contributed by atoms with van der Waals surface area (Å²) in [6.07, 6.45) is 0. The lowest BCUT2D eigenvalue weighted by Crippen LogP contribution is -2.33. The van der Waals surface area contributed by atoms with Crippen LogP contribution in [0, 0.1) is 13.8 Å². The number of sulfonamides is 1. The summed E-state index contributed by atoms with van der Waals surface area (Å²) in [5.74, 6) is -1.21. The number of rotatable bonds is 6. The van der Waals surface area contributed by atoms with Gasteiger partial charge in [0.25, 0.3) is 15.9 Å². The van der Waals surface area contributed by atoms with Gasteiger partial charge in [-0.1, -0.05) is 29.0 Å². The molecule has 2 rings (SSSR count). The molecule has 0 unspecified atom stereocenters. The monoisotopic (exact) mass is 368 g/mol. The van der Waals surface area contributed by atoms with Crippen LogP contribution in [-0.2, 0) is 14.8 Å². The number of carbonyl (C=O) groups is 2. The molecule has 1 aromatic carbocycles. The van der Waals surface area contributed by atoms with Crippen LogP contribution in [0.25, 0.3) is 0 Å². The highest BCUT2D eigenvalue weighted by atomic mass is 32.2. The second kappa shape index (κ2) is 6.97. The maximum Gasteiger partial charge on any atom is 0.263 e. The van der Waals surface area contributed by atoms with Gasteiger partial charge in [-0.3, -0.25) is 14.3 Å². The van der Waals surface area contributed by atoms with Crippen molar-refractivity contribution in [2.45, 2.75) is 18.7 Å². The first-order valence-corrected chi connectivity index (χ1v) is 9.12. The Morgan fingerprint density at radius 2 is 1.83 bits per heavy atom. The lowest BCUT2D eigenvalue weighted by atomic mass is 10.2. The highest BCUT2D eigenvalue weighted by Crippen LogP contribution is 2.25. The minimum Gasteiger partial charge on any atom is -0.368 e. The molecule has 128 valence electrons. The summed E-state index contributed by atoms with van der Waals surface area (Å²) < 4.78 is 27.0. The number of amides is 2. The van der Waals surface area contributed by atoms with Crippen molar-refractivity contribution in [2.24, 2.45) is 5.73 Å². The van der Waals surface area contributed by atoms with Gasteiger partial charge in [0.2, 0.25) is 5.91 Å². The van der Waals surface area contributed by atoms with Gasteiger partial charge in [-0.2, -0.15) is 0 Å². The molecule has 4 N–H and O–H groups in total. The first kappa shape index (κ1) is 17.9. The van der Waals surface area contributed by atoms with Crippen LogP contribution in [0.1, 0.15) is 20.9 Å². The number of aromatic nitrogens is 1. The Kier molecular flexibility index (Phi) is 5.20. The van der Waals surface area contributed by atoms with E-state index in [1.54, 1.807) is 19.1 Å². The van der Waals surface area contributed by atoms with Gasteiger partial charge in [0.15, 0.2) is 5.13 Å². The maximum absolute atomic E-state index is 12.3. The Labute approximate surface area is 143 Å². The van der Waals surface area contributed by atoms with E-state index >= 15 is 0 Å². The number of anilines is 1. The molecule has 0 atom stereocenters. The third-order valence-electron chi connectivity index (χ3n) is 2.98. The Bertz CT molecular complexity index is 873. The van der Waals surface area contributed by atoms with E-state index in [9.17, 15) is 18.0 Å². The molecule has 2 amide bonds. The van der Waals surface area contributed by atoms with Crippen molar-refractivity contribution in [1.29, 1.82) is 0 Å². The topological polar surface area (TPSA) is 131 Å². The molecule has 8 nitrogen and oxygen atoms in total. The number of thiazole rings is 1. The molecule has 10 heteroatoms. The van der Waals surface area contributed by atoms with E-state index in [-0.39, 0.29) is 21.4 Å². The molecule has 24 heavy (non-hydrogen) atoms. The number of carbonyl (C=O) groups excluding carboxylic acids is 2. The van der Waals surface area contributed by atoms with Gasteiger partial charge in [-0.05, 0) is 26.0 Å². The van der Waals surface area contributed by atoms with Gasteiger partial charge >= 0.3 is 0 Å². The molecule has 1 aromatic heterocycles. The summed E-state index contributed by atoms with van der Waals surface area (Å²) in [7, 11) is -3.79. The lowest BCUT2D eigenvalue weighted by molar-refractivity contribution is -0.117. The summed E-state index contributed by atoms with van der Waals surface area (Å²) in [5, 5.41) is 2.40. The number of nitrogens with zero attached hydrogens (tertiary/aromatic N) is 1. The zero-order valence-corrected chi connectivity index (χ0v) is 14.6. The number of primary amides is 1. The minimum absolute atomic E-state index is 0.0669.